The van der Waals surface area contributed by atoms with Gasteiger partial charge in [0.1, 0.15) is 11.3 Å². The van der Waals surface area contributed by atoms with Crippen molar-refractivity contribution in [3.8, 4) is 5.75 Å². The molecule has 0 heterocycles. The van der Waals surface area contributed by atoms with E-state index in [1.807, 2.05) is 0 Å². The van der Waals surface area contributed by atoms with Crippen LogP contribution in [-0.2, 0) is 15.2 Å². The smallest absolute Gasteiger partial charge is 0.394 e. The van der Waals surface area contributed by atoms with Crippen molar-refractivity contribution in [2.24, 2.45) is 0 Å². The van der Waals surface area contributed by atoms with E-state index in [9.17, 15) is 9.59 Å². The molecule has 1 aromatic rings. The van der Waals surface area contributed by atoms with Crippen LogP contribution in [0.5, 0.6) is 5.75 Å². The molecule has 108 valence electrons. The minimum atomic E-state index is -4.67. The first-order valence-corrected chi connectivity index (χ1v) is 5.71. The lowest BCUT2D eigenvalue weighted by atomic mass is 10.2. The molecule has 1 aromatic carbocycles. The number of halogens is 1. The number of carboxylic acid groups (broad SMARTS) is 1. The van der Waals surface area contributed by atoms with Gasteiger partial charge in [0.25, 0.3) is 0 Å². The molecule has 0 aliphatic heterocycles. The molecule has 1 rings (SSSR count). The summed E-state index contributed by atoms with van der Waals surface area (Å²) >= 11 is 0. The fourth-order valence-corrected chi connectivity index (χ4v) is 0.887. The predicted molar refractivity (Wildman–Crippen MR) is 66.1 cm³/mol. The Hall–Kier alpha value is -1.68. The van der Waals surface area contributed by atoms with E-state index in [0.717, 1.165) is 0 Å². The molecule has 19 heavy (non-hydrogen) atoms. The van der Waals surface area contributed by atoms with Crippen LogP contribution in [0.3, 0.4) is 0 Å². The van der Waals surface area contributed by atoms with Crippen LogP contribution in [0.15, 0.2) is 24.3 Å². The molecule has 0 amide bonds. The third kappa shape index (κ3) is 11.2. The maximum Gasteiger partial charge on any atom is 0.394 e. The maximum atomic E-state index is 10.6. The Morgan fingerprint density at radius 1 is 1.16 bits per heavy atom. The first-order chi connectivity index (χ1) is 8.11. The number of rotatable bonds is 2. The SMILES string of the molecule is CC(=O)Oc1ccccc1C(=O)O.Cl.O=S(=O)(O)O. The van der Waals surface area contributed by atoms with Gasteiger partial charge in [-0.25, -0.2) is 4.79 Å². The molecule has 0 aliphatic carbocycles. The molecule has 0 unspecified atom stereocenters. The third-order valence-electron chi connectivity index (χ3n) is 1.37. The van der Waals surface area contributed by atoms with Gasteiger partial charge in [0, 0.05) is 6.92 Å². The van der Waals surface area contributed by atoms with Gasteiger partial charge in [-0.3, -0.25) is 13.9 Å². The lowest BCUT2D eigenvalue weighted by Gasteiger charge is -2.03. The molecular weight excluding hydrogens is 304 g/mol. The number of hydrogen-bond donors (Lipinski definition) is 3. The monoisotopic (exact) mass is 314 g/mol. The van der Waals surface area contributed by atoms with Crippen LogP contribution >= 0.6 is 12.4 Å². The van der Waals surface area contributed by atoms with Gasteiger partial charge < -0.3 is 9.84 Å². The topological polar surface area (TPSA) is 138 Å². The summed E-state index contributed by atoms with van der Waals surface area (Å²) in [5.41, 5.74) is -0.0160. The van der Waals surface area contributed by atoms with E-state index in [2.05, 4.69) is 4.74 Å². The summed E-state index contributed by atoms with van der Waals surface area (Å²) < 4.78 is 36.3. The van der Waals surface area contributed by atoms with Gasteiger partial charge in [0.2, 0.25) is 0 Å². The van der Waals surface area contributed by atoms with E-state index in [0.29, 0.717) is 0 Å². The Bertz CT molecular complexity index is 531. The fourth-order valence-electron chi connectivity index (χ4n) is 0.887. The Labute approximate surface area is 115 Å². The molecule has 10 heteroatoms. The molecule has 0 atom stereocenters. The van der Waals surface area contributed by atoms with Crippen molar-refractivity contribution in [2.75, 3.05) is 0 Å². The summed E-state index contributed by atoms with van der Waals surface area (Å²) in [5, 5.41) is 8.69. The summed E-state index contributed by atoms with van der Waals surface area (Å²) in [6.45, 7) is 1.22. The number of carbonyl (C=O) groups is 2. The Morgan fingerprint density at radius 2 is 1.58 bits per heavy atom. The van der Waals surface area contributed by atoms with Crippen LogP contribution in [0.1, 0.15) is 17.3 Å². The number of benzene rings is 1. The number of carbonyl (C=O) groups excluding carboxylic acids is 1. The van der Waals surface area contributed by atoms with Gasteiger partial charge in [-0.15, -0.1) is 12.4 Å². The number of ether oxygens (including phenoxy) is 1. The summed E-state index contributed by atoms with van der Waals surface area (Å²) in [6.07, 6.45) is 0. The highest BCUT2D eigenvalue weighted by Crippen LogP contribution is 2.17. The average molecular weight is 315 g/mol. The van der Waals surface area contributed by atoms with Crippen LogP contribution in [0.25, 0.3) is 0 Å². The van der Waals surface area contributed by atoms with Crippen molar-refractivity contribution >= 4 is 34.7 Å². The van der Waals surface area contributed by atoms with Crippen LogP contribution in [0.2, 0.25) is 0 Å². The van der Waals surface area contributed by atoms with Crippen molar-refractivity contribution in [3.05, 3.63) is 29.8 Å². The number of para-hydroxylation sites is 1. The quantitative estimate of drug-likeness (QED) is 0.418. The largest absolute Gasteiger partial charge is 0.478 e. The zero-order valence-electron chi connectivity index (χ0n) is 9.51. The molecule has 0 saturated heterocycles. The Kier molecular flexibility index (Phi) is 8.72. The molecular formula is C9H11ClO8S. The minimum absolute atomic E-state index is 0. The van der Waals surface area contributed by atoms with Gasteiger partial charge in [-0.1, -0.05) is 12.1 Å². The van der Waals surface area contributed by atoms with Gasteiger partial charge in [0.15, 0.2) is 0 Å². The minimum Gasteiger partial charge on any atom is -0.478 e. The molecule has 0 fully saturated rings. The summed E-state index contributed by atoms with van der Waals surface area (Å²) in [4.78, 5) is 21.2. The van der Waals surface area contributed by atoms with Crippen LogP contribution < -0.4 is 4.74 Å². The third-order valence-corrected chi connectivity index (χ3v) is 1.37. The molecule has 0 spiro atoms. The van der Waals surface area contributed by atoms with Crippen LogP contribution in [0, 0.1) is 0 Å². The van der Waals surface area contributed by atoms with E-state index >= 15 is 0 Å². The van der Waals surface area contributed by atoms with Gasteiger partial charge in [-0.05, 0) is 12.1 Å². The van der Waals surface area contributed by atoms with Gasteiger partial charge >= 0.3 is 22.3 Å². The number of esters is 1. The maximum absolute atomic E-state index is 10.6. The predicted octanol–water partition coefficient (Wildman–Crippen LogP) is 1.08. The second-order valence-electron chi connectivity index (χ2n) is 2.84. The molecule has 0 saturated carbocycles. The lowest BCUT2D eigenvalue weighted by molar-refractivity contribution is -0.131. The summed E-state index contributed by atoms with van der Waals surface area (Å²) in [7, 11) is -4.67. The van der Waals surface area contributed by atoms with Crippen LogP contribution in [0.4, 0.5) is 0 Å². The molecule has 8 nitrogen and oxygen atoms in total. The van der Waals surface area contributed by atoms with Crippen molar-refractivity contribution in [2.45, 2.75) is 6.92 Å². The number of aromatic carboxylic acids is 1. The van der Waals surface area contributed by atoms with Crippen molar-refractivity contribution < 1.29 is 37.0 Å². The van der Waals surface area contributed by atoms with Gasteiger partial charge in [0.05, 0.1) is 0 Å². The highest BCUT2D eigenvalue weighted by Gasteiger charge is 2.10. The molecule has 0 aliphatic rings. The molecule has 3 N–H and O–H groups in total. The highest BCUT2D eigenvalue weighted by atomic mass is 35.5. The summed E-state index contributed by atoms with van der Waals surface area (Å²) in [6, 6.07) is 5.98. The van der Waals surface area contributed by atoms with E-state index in [1.54, 1.807) is 12.1 Å². The summed E-state index contributed by atoms with van der Waals surface area (Å²) in [5.74, 6) is -1.58. The lowest BCUT2D eigenvalue weighted by Crippen LogP contribution is -2.06. The van der Waals surface area contributed by atoms with Crippen molar-refractivity contribution in [1.82, 2.24) is 0 Å². The highest BCUT2D eigenvalue weighted by molar-refractivity contribution is 7.79. The molecule has 0 radical (unpaired) electrons. The number of carboxylic acids is 1. The molecule has 0 aromatic heterocycles. The zero-order chi connectivity index (χ0) is 14.3. The van der Waals surface area contributed by atoms with Crippen molar-refractivity contribution in [3.63, 3.8) is 0 Å². The second kappa shape index (κ2) is 8.43. The average Bonchev–Trinajstić information content (AvgIpc) is 2.14. The molecule has 0 bridgehead atoms. The van der Waals surface area contributed by atoms with Crippen LogP contribution in [-0.4, -0.2) is 34.6 Å². The Morgan fingerprint density at radius 3 is 1.95 bits per heavy atom. The first-order valence-electron chi connectivity index (χ1n) is 4.32. The van der Waals surface area contributed by atoms with E-state index in [-0.39, 0.29) is 23.7 Å². The first kappa shape index (κ1) is 19.7. The van der Waals surface area contributed by atoms with E-state index in [4.69, 9.17) is 22.6 Å². The second-order valence-corrected chi connectivity index (χ2v) is 3.74. The zero-order valence-corrected chi connectivity index (χ0v) is 11.1. The normalized spacial score (nSPS) is 9.42. The standard InChI is InChI=1S/C9H8O4.ClH.H2O4S/c1-6(10)13-8-5-3-2-4-7(8)9(11)12;;1-5(2,3)4/h2-5H,1H3,(H,11,12);1H;(H2,1,2,3,4). The van der Waals surface area contributed by atoms with Gasteiger partial charge in [-0.2, -0.15) is 8.42 Å². The number of hydrogen-bond acceptors (Lipinski definition) is 5. The Balaban J connectivity index is 0. The van der Waals surface area contributed by atoms with E-state index in [1.165, 1.54) is 19.1 Å². The van der Waals surface area contributed by atoms with E-state index < -0.39 is 22.3 Å². The fraction of sp³-hybridized carbons (Fsp3) is 0.111. The van der Waals surface area contributed by atoms with Crippen molar-refractivity contribution in [1.29, 1.82) is 0 Å².